The largest absolute Gasteiger partial charge is 0.341 e. The van der Waals surface area contributed by atoms with Crippen molar-refractivity contribution in [2.45, 2.75) is 45.1 Å². The molecule has 3 rings (SSSR count). The number of thiophene rings is 1. The van der Waals surface area contributed by atoms with Crippen molar-refractivity contribution in [3.05, 3.63) is 23.4 Å². The number of hydrogen-bond donors (Lipinski definition) is 1. The summed E-state index contributed by atoms with van der Waals surface area (Å²) in [5.74, 6) is 2.04. The molecule has 1 fully saturated rings. The number of hydrogen-bond acceptors (Lipinski definition) is 6. The van der Waals surface area contributed by atoms with Gasteiger partial charge in [0.2, 0.25) is 17.6 Å². The lowest BCUT2D eigenvalue weighted by atomic mass is 9.95. The van der Waals surface area contributed by atoms with Gasteiger partial charge in [-0.15, -0.1) is 23.7 Å². The average Bonchev–Trinajstić information content (AvgIpc) is 3.24. The summed E-state index contributed by atoms with van der Waals surface area (Å²) in [6.45, 7) is 5.57. The standard InChI is InChI=1S/C17H24N4O2S.ClH/c1-11(2)10-13(18)17(22)21-7-5-12(6-8-21)16-19-15(20-23-16)14-4-3-9-24-14;/h3-4,9,11-13H,5-8,10,18H2,1-2H3;1H/t13-;/m0./s1. The summed E-state index contributed by atoms with van der Waals surface area (Å²) in [5.41, 5.74) is 6.02. The Kier molecular flexibility index (Phi) is 6.98. The van der Waals surface area contributed by atoms with Crippen molar-refractivity contribution < 1.29 is 9.32 Å². The van der Waals surface area contributed by atoms with E-state index in [1.165, 1.54) is 0 Å². The van der Waals surface area contributed by atoms with Crippen LogP contribution in [0.1, 0.15) is 44.9 Å². The van der Waals surface area contributed by atoms with E-state index >= 15 is 0 Å². The maximum absolute atomic E-state index is 12.4. The van der Waals surface area contributed by atoms with Crippen molar-refractivity contribution in [1.29, 1.82) is 0 Å². The summed E-state index contributed by atoms with van der Waals surface area (Å²) in [6, 6.07) is 3.56. The molecular formula is C17H25ClN4O2S. The number of nitrogens with two attached hydrogens (primary N) is 1. The second-order valence-electron chi connectivity index (χ2n) is 6.77. The summed E-state index contributed by atoms with van der Waals surface area (Å²) in [4.78, 5) is 19.8. The van der Waals surface area contributed by atoms with Gasteiger partial charge in [-0.3, -0.25) is 4.79 Å². The zero-order valence-corrected chi connectivity index (χ0v) is 16.2. The SMILES string of the molecule is CC(C)C[C@H](N)C(=O)N1CCC(c2nc(-c3cccs3)no2)CC1.Cl. The summed E-state index contributed by atoms with van der Waals surface area (Å²) >= 11 is 1.60. The van der Waals surface area contributed by atoms with Crippen LogP contribution in [0.2, 0.25) is 0 Å². The van der Waals surface area contributed by atoms with Crippen LogP contribution in [0.4, 0.5) is 0 Å². The first-order chi connectivity index (χ1) is 11.5. The van der Waals surface area contributed by atoms with Crippen molar-refractivity contribution in [1.82, 2.24) is 15.0 Å². The first-order valence-electron chi connectivity index (χ1n) is 8.46. The number of likely N-dealkylation sites (tertiary alicyclic amines) is 1. The fraction of sp³-hybridized carbons (Fsp3) is 0.588. The fourth-order valence-electron chi connectivity index (χ4n) is 3.10. The van der Waals surface area contributed by atoms with Crippen LogP contribution >= 0.6 is 23.7 Å². The van der Waals surface area contributed by atoms with Gasteiger partial charge < -0.3 is 15.2 Å². The highest BCUT2D eigenvalue weighted by molar-refractivity contribution is 7.13. The molecule has 6 nitrogen and oxygen atoms in total. The number of rotatable bonds is 5. The third-order valence-electron chi connectivity index (χ3n) is 4.38. The normalized spacial score (nSPS) is 16.7. The Labute approximate surface area is 158 Å². The molecular weight excluding hydrogens is 360 g/mol. The number of carbonyl (C=O) groups excluding carboxylic acids is 1. The Morgan fingerprint density at radius 3 is 2.76 bits per heavy atom. The van der Waals surface area contributed by atoms with E-state index in [9.17, 15) is 4.79 Å². The number of carbonyl (C=O) groups is 1. The van der Waals surface area contributed by atoms with E-state index in [2.05, 4.69) is 24.0 Å². The van der Waals surface area contributed by atoms with Crippen LogP contribution in [0.5, 0.6) is 0 Å². The molecule has 0 radical (unpaired) electrons. The van der Waals surface area contributed by atoms with Crippen molar-refractivity contribution in [2.75, 3.05) is 13.1 Å². The fourth-order valence-corrected chi connectivity index (χ4v) is 3.75. The lowest BCUT2D eigenvalue weighted by Gasteiger charge is -2.32. The number of nitrogens with zero attached hydrogens (tertiary/aromatic N) is 3. The molecule has 3 heterocycles. The van der Waals surface area contributed by atoms with Gasteiger partial charge in [-0.1, -0.05) is 25.1 Å². The molecule has 0 saturated carbocycles. The van der Waals surface area contributed by atoms with Gasteiger partial charge in [0, 0.05) is 19.0 Å². The van der Waals surface area contributed by atoms with Gasteiger partial charge in [-0.05, 0) is 36.6 Å². The molecule has 25 heavy (non-hydrogen) atoms. The molecule has 8 heteroatoms. The number of aromatic nitrogens is 2. The number of halogens is 1. The Morgan fingerprint density at radius 2 is 2.16 bits per heavy atom. The van der Waals surface area contributed by atoms with Crippen LogP contribution < -0.4 is 5.73 Å². The Morgan fingerprint density at radius 1 is 1.44 bits per heavy atom. The van der Waals surface area contributed by atoms with Gasteiger partial charge in [0.05, 0.1) is 10.9 Å². The predicted molar refractivity (Wildman–Crippen MR) is 101 cm³/mol. The van der Waals surface area contributed by atoms with Gasteiger partial charge in [0.1, 0.15) is 0 Å². The highest BCUT2D eigenvalue weighted by Gasteiger charge is 2.30. The minimum absolute atomic E-state index is 0. The lowest BCUT2D eigenvalue weighted by Crippen LogP contribution is -2.47. The van der Waals surface area contributed by atoms with E-state index in [-0.39, 0.29) is 24.2 Å². The number of piperidine rings is 1. The summed E-state index contributed by atoms with van der Waals surface area (Å²) in [5, 5.41) is 6.07. The van der Waals surface area contributed by atoms with Crippen LogP contribution in [0.25, 0.3) is 10.7 Å². The third-order valence-corrected chi connectivity index (χ3v) is 5.25. The molecule has 138 valence electrons. The zero-order valence-electron chi connectivity index (χ0n) is 14.6. The van der Waals surface area contributed by atoms with E-state index < -0.39 is 6.04 Å². The minimum Gasteiger partial charge on any atom is -0.341 e. The molecule has 1 atom stereocenters. The average molecular weight is 385 g/mol. The van der Waals surface area contributed by atoms with Crippen LogP contribution in [0.15, 0.2) is 22.0 Å². The molecule has 1 aliphatic rings. The smallest absolute Gasteiger partial charge is 0.239 e. The summed E-state index contributed by atoms with van der Waals surface area (Å²) in [7, 11) is 0. The molecule has 0 aliphatic carbocycles. The van der Waals surface area contributed by atoms with E-state index in [1.807, 2.05) is 22.4 Å². The molecule has 2 aromatic rings. The Hall–Kier alpha value is -1.44. The summed E-state index contributed by atoms with van der Waals surface area (Å²) < 4.78 is 5.44. The monoisotopic (exact) mass is 384 g/mol. The van der Waals surface area contributed by atoms with Crippen molar-refractivity contribution in [3.63, 3.8) is 0 Å². The molecule has 2 aromatic heterocycles. The van der Waals surface area contributed by atoms with Crippen molar-refractivity contribution >= 4 is 29.7 Å². The van der Waals surface area contributed by atoms with Crippen LogP contribution in [0.3, 0.4) is 0 Å². The molecule has 1 aliphatic heterocycles. The van der Waals surface area contributed by atoms with E-state index in [1.54, 1.807) is 11.3 Å². The Balaban J connectivity index is 0.00000225. The van der Waals surface area contributed by atoms with E-state index in [4.69, 9.17) is 10.3 Å². The molecule has 0 spiro atoms. The third kappa shape index (κ3) is 4.80. The topological polar surface area (TPSA) is 85.3 Å². The van der Waals surface area contributed by atoms with Crippen LogP contribution in [0, 0.1) is 5.92 Å². The lowest BCUT2D eigenvalue weighted by molar-refractivity contribution is -0.134. The second kappa shape index (κ2) is 8.78. The minimum atomic E-state index is -0.393. The first kappa shape index (κ1) is 19.9. The number of amides is 1. The van der Waals surface area contributed by atoms with Gasteiger partial charge in [0.25, 0.3) is 0 Å². The summed E-state index contributed by atoms with van der Waals surface area (Å²) in [6.07, 6.45) is 2.41. The van der Waals surface area contributed by atoms with Gasteiger partial charge in [0.15, 0.2) is 0 Å². The van der Waals surface area contributed by atoms with E-state index in [0.29, 0.717) is 30.7 Å². The van der Waals surface area contributed by atoms with Crippen LogP contribution in [-0.2, 0) is 4.79 Å². The first-order valence-corrected chi connectivity index (χ1v) is 9.34. The van der Waals surface area contributed by atoms with Gasteiger partial charge in [-0.25, -0.2) is 0 Å². The van der Waals surface area contributed by atoms with Crippen molar-refractivity contribution in [3.8, 4) is 10.7 Å². The maximum Gasteiger partial charge on any atom is 0.239 e. The van der Waals surface area contributed by atoms with E-state index in [0.717, 1.165) is 24.1 Å². The predicted octanol–water partition coefficient (Wildman–Crippen LogP) is 3.30. The van der Waals surface area contributed by atoms with Crippen LogP contribution in [-0.4, -0.2) is 40.1 Å². The molecule has 0 unspecified atom stereocenters. The quantitative estimate of drug-likeness (QED) is 0.854. The molecule has 0 aromatic carbocycles. The van der Waals surface area contributed by atoms with Gasteiger partial charge >= 0.3 is 0 Å². The zero-order chi connectivity index (χ0) is 17.1. The molecule has 1 saturated heterocycles. The maximum atomic E-state index is 12.4. The highest BCUT2D eigenvalue weighted by Crippen LogP contribution is 2.30. The Bertz CT molecular complexity index is 666. The second-order valence-corrected chi connectivity index (χ2v) is 7.72. The molecule has 0 bridgehead atoms. The molecule has 2 N–H and O–H groups in total. The van der Waals surface area contributed by atoms with Crippen molar-refractivity contribution in [2.24, 2.45) is 11.7 Å². The van der Waals surface area contributed by atoms with Gasteiger partial charge in [-0.2, -0.15) is 4.98 Å². The highest BCUT2D eigenvalue weighted by atomic mass is 35.5. The molecule has 1 amide bonds.